The van der Waals surface area contributed by atoms with Crippen molar-refractivity contribution >= 4 is 13.9 Å². The summed E-state index contributed by atoms with van der Waals surface area (Å²) in [5.41, 5.74) is 2.82. The highest BCUT2D eigenvalue weighted by atomic mass is 16.2. The molecule has 1 aromatic heterocycles. The van der Waals surface area contributed by atoms with Crippen LogP contribution in [0.2, 0.25) is 0 Å². The molecule has 82 valence electrons. The lowest BCUT2D eigenvalue weighted by Gasteiger charge is -2.18. The molecule has 2 rings (SSSR count). The van der Waals surface area contributed by atoms with E-state index in [9.17, 15) is 4.79 Å². The van der Waals surface area contributed by atoms with Crippen molar-refractivity contribution in [3.63, 3.8) is 0 Å². The third-order valence-corrected chi connectivity index (χ3v) is 2.56. The van der Waals surface area contributed by atoms with Crippen LogP contribution in [0.15, 0.2) is 12.3 Å². The predicted octanol–water partition coefficient (Wildman–Crippen LogP) is 1.71. The van der Waals surface area contributed by atoms with Gasteiger partial charge in [0, 0.05) is 18.3 Å². The van der Waals surface area contributed by atoms with Crippen molar-refractivity contribution < 1.29 is 4.79 Å². The minimum absolute atomic E-state index is 0.183. The summed E-state index contributed by atoms with van der Waals surface area (Å²) < 4.78 is 0. The largest absolute Gasteiger partial charge is 0.387 e. The van der Waals surface area contributed by atoms with E-state index in [0.29, 0.717) is 12.2 Å². The van der Waals surface area contributed by atoms with E-state index in [-0.39, 0.29) is 11.3 Å². The van der Waals surface area contributed by atoms with Gasteiger partial charge < -0.3 is 4.81 Å². The molecule has 0 N–H and O–H groups in total. The molecule has 0 fully saturated rings. The van der Waals surface area contributed by atoms with Crippen molar-refractivity contribution in [3.05, 3.63) is 29.1 Å². The summed E-state index contributed by atoms with van der Waals surface area (Å²) >= 11 is 0. The number of hydrogen-bond acceptors (Lipinski definition) is 2. The Balaban J connectivity index is 2.29. The van der Waals surface area contributed by atoms with E-state index in [0.717, 1.165) is 17.5 Å². The molecule has 1 aromatic rings. The summed E-state index contributed by atoms with van der Waals surface area (Å²) in [6.07, 6.45) is 2.73. The topological polar surface area (TPSA) is 33.2 Å². The molecule has 0 atom stereocenters. The van der Waals surface area contributed by atoms with Crippen molar-refractivity contribution in [1.29, 1.82) is 0 Å². The summed E-state index contributed by atoms with van der Waals surface area (Å²) in [7, 11) is 5.55. The van der Waals surface area contributed by atoms with Gasteiger partial charge in [-0.25, -0.2) is 0 Å². The highest BCUT2D eigenvalue weighted by Gasteiger charge is 2.25. The van der Waals surface area contributed by atoms with Gasteiger partial charge in [-0.15, -0.1) is 0 Å². The van der Waals surface area contributed by atoms with Gasteiger partial charge in [0.1, 0.15) is 5.69 Å². The van der Waals surface area contributed by atoms with Crippen LogP contribution in [0.1, 0.15) is 42.4 Å². The number of nitrogens with zero attached hydrogens (tertiary/aromatic N) is 2. The lowest BCUT2D eigenvalue weighted by molar-refractivity contribution is 0.0876. The molecule has 0 spiro atoms. The minimum atomic E-state index is -0.183. The number of hydrogen-bond donors (Lipinski definition) is 0. The van der Waals surface area contributed by atoms with Crippen LogP contribution in [-0.2, 0) is 13.0 Å². The second-order valence-corrected chi connectivity index (χ2v) is 5.52. The predicted molar refractivity (Wildman–Crippen MR) is 63.0 cm³/mol. The highest BCUT2D eigenvalue weighted by Crippen LogP contribution is 2.24. The molecule has 0 saturated carbocycles. The van der Waals surface area contributed by atoms with Crippen LogP contribution in [0, 0.1) is 5.41 Å². The van der Waals surface area contributed by atoms with E-state index >= 15 is 0 Å². The quantitative estimate of drug-likeness (QED) is 0.666. The molecule has 4 heteroatoms. The summed E-state index contributed by atoms with van der Waals surface area (Å²) in [4.78, 5) is 16.9. The summed E-state index contributed by atoms with van der Waals surface area (Å²) in [6, 6.07) is 2.04. The number of amides is 1. The van der Waals surface area contributed by atoms with Gasteiger partial charge in [-0.2, -0.15) is 0 Å². The molecule has 3 nitrogen and oxygen atoms in total. The van der Waals surface area contributed by atoms with Crippen LogP contribution >= 0.6 is 0 Å². The fourth-order valence-electron chi connectivity index (χ4n) is 1.97. The zero-order valence-corrected chi connectivity index (χ0v) is 9.95. The van der Waals surface area contributed by atoms with E-state index in [4.69, 9.17) is 7.98 Å². The standard InChI is InChI=1S/C12H15BN2O/c1-12(2,3)5-8-4-9-7-15(13)11(16)10(9)14-6-8/h4,6H,5,7H2,1-3H3. The molecule has 0 aromatic carbocycles. The Hall–Kier alpha value is -1.32. The first-order chi connectivity index (χ1) is 7.37. The van der Waals surface area contributed by atoms with E-state index in [2.05, 4.69) is 25.8 Å². The first-order valence-electron chi connectivity index (χ1n) is 5.41. The number of rotatable bonds is 1. The fourth-order valence-corrected chi connectivity index (χ4v) is 1.97. The van der Waals surface area contributed by atoms with Crippen LogP contribution in [-0.4, -0.2) is 23.7 Å². The zero-order valence-electron chi connectivity index (χ0n) is 9.95. The Labute approximate surface area is 97.3 Å². The van der Waals surface area contributed by atoms with E-state index in [1.54, 1.807) is 6.20 Å². The lowest BCUT2D eigenvalue weighted by Crippen LogP contribution is -2.19. The third-order valence-electron chi connectivity index (χ3n) is 2.56. The van der Waals surface area contributed by atoms with Gasteiger partial charge in [-0.1, -0.05) is 26.8 Å². The van der Waals surface area contributed by atoms with E-state index < -0.39 is 0 Å². The van der Waals surface area contributed by atoms with Crippen molar-refractivity contribution in [2.45, 2.75) is 33.7 Å². The van der Waals surface area contributed by atoms with Gasteiger partial charge >= 0.3 is 0 Å². The first-order valence-corrected chi connectivity index (χ1v) is 5.41. The number of aromatic nitrogens is 1. The molecule has 1 aliphatic rings. The highest BCUT2D eigenvalue weighted by molar-refractivity contribution is 6.19. The van der Waals surface area contributed by atoms with Gasteiger partial charge in [0.15, 0.2) is 0 Å². The second-order valence-electron chi connectivity index (χ2n) is 5.52. The Morgan fingerprint density at radius 3 is 2.81 bits per heavy atom. The van der Waals surface area contributed by atoms with Crippen LogP contribution in [0.5, 0.6) is 0 Å². The molecule has 1 aliphatic heterocycles. The number of fused-ring (bicyclic) bond motifs is 1. The van der Waals surface area contributed by atoms with Gasteiger partial charge in [0.05, 0.1) is 0 Å². The van der Waals surface area contributed by atoms with Gasteiger partial charge in [0.25, 0.3) is 5.91 Å². The molecule has 0 saturated heterocycles. The molecular weight excluding hydrogens is 199 g/mol. The molecule has 16 heavy (non-hydrogen) atoms. The van der Waals surface area contributed by atoms with Gasteiger partial charge in [0.2, 0.25) is 7.98 Å². The van der Waals surface area contributed by atoms with Crippen molar-refractivity contribution in [2.75, 3.05) is 0 Å². The number of carbonyl (C=O) groups is 1. The molecular formula is C12H15BN2O. The summed E-state index contributed by atoms with van der Waals surface area (Å²) in [6.45, 7) is 7.01. The van der Waals surface area contributed by atoms with Gasteiger partial charge in [-0.3, -0.25) is 9.78 Å². The maximum Gasteiger partial charge on any atom is 0.260 e. The monoisotopic (exact) mass is 214 g/mol. The minimum Gasteiger partial charge on any atom is -0.387 e. The molecule has 0 aliphatic carbocycles. The number of carbonyl (C=O) groups excluding carboxylic acids is 1. The van der Waals surface area contributed by atoms with Crippen molar-refractivity contribution in [1.82, 2.24) is 9.79 Å². The lowest BCUT2D eigenvalue weighted by atomic mass is 9.88. The van der Waals surface area contributed by atoms with Crippen LogP contribution in [0.4, 0.5) is 0 Å². The Morgan fingerprint density at radius 2 is 2.19 bits per heavy atom. The van der Waals surface area contributed by atoms with E-state index in [1.807, 2.05) is 6.07 Å². The maximum absolute atomic E-state index is 11.5. The molecule has 2 radical (unpaired) electrons. The summed E-state index contributed by atoms with van der Waals surface area (Å²) in [5, 5.41) is 0. The third kappa shape index (κ3) is 2.10. The van der Waals surface area contributed by atoms with E-state index in [1.165, 1.54) is 4.81 Å². The molecule has 0 unspecified atom stereocenters. The van der Waals surface area contributed by atoms with Crippen LogP contribution in [0.3, 0.4) is 0 Å². The average molecular weight is 214 g/mol. The average Bonchev–Trinajstić information content (AvgIpc) is 2.40. The van der Waals surface area contributed by atoms with Crippen molar-refractivity contribution in [2.24, 2.45) is 5.41 Å². The Kier molecular flexibility index (Phi) is 2.52. The van der Waals surface area contributed by atoms with Gasteiger partial charge in [-0.05, 0) is 17.4 Å². The smallest absolute Gasteiger partial charge is 0.260 e. The Bertz CT molecular complexity index is 437. The molecule has 2 heterocycles. The SMILES string of the molecule is [B]N1Cc2cc(CC(C)(C)C)cnc2C1=O. The molecule has 1 amide bonds. The maximum atomic E-state index is 11.5. The molecule has 0 bridgehead atoms. The fraction of sp³-hybridized carbons (Fsp3) is 0.500. The first kappa shape index (κ1) is 11.2. The zero-order chi connectivity index (χ0) is 11.9. The normalized spacial score (nSPS) is 15.4. The summed E-state index contributed by atoms with van der Waals surface area (Å²) in [5.74, 6) is -0.183. The number of pyridine rings is 1. The second kappa shape index (κ2) is 3.61. The van der Waals surface area contributed by atoms with Crippen LogP contribution in [0.25, 0.3) is 0 Å². The Morgan fingerprint density at radius 1 is 1.50 bits per heavy atom. The van der Waals surface area contributed by atoms with Crippen molar-refractivity contribution in [3.8, 4) is 0 Å². The van der Waals surface area contributed by atoms with Crippen LogP contribution < -0.4 is 0 Å².